The lowest BCUT2D eigenvalue weighted by atomic mass is 10.1. The summed E-state index contributed by atoms with van der Waals surface area (Å²) < 4.78 is 19.3. The van der Waals surface area contributed by atoms with Crippen molar-refractivity contribution in [3.8, 4) is 11.5 Å². The van der Waals surface area contributed by atoms with Crippen molar-refractivity contribution in [3.63, 3.8) is 0 Å². The first kappa shape index (κ1) is 14.3. The average Bonchev–Trinajstić information content (AvgIpc) is 3.09. The Bertz CT molecular complexity index is 987. The quantitative estimate of drug-likeness (QED) is 0.620. The highest BCUT2D eigenvalue weighted by atomic mass is 19.1. The van der Waals surface area contributed by atoms with Gasteiger partial charge in [0.1, 0.15) is 5.82 Å². The van der Waals surface area contributed by atoms with Crippen molar-refractivity contribution in [2.75, 3.05) is 5.32 Å². The largest absolute Gasteiger partial charge is 0.403 e. The molecule has 0 unspecified atom stereocenters. The summed E-state index contributed by atoms with van der Waals surface area (Å²) >= 11 is 0. The Morgan fingerprint density at radius 2 is 1.92 bits per heavy atom. The minimum absolute atomic E-state index is 0.259. The molecule has 0 amide bonds. The van der Waals surface area contributed by atoms with Crippen LogP contribution in [-0.4, -0.2) is 20.2 Å². The molecule has 4 rings (SSSR count). The van der Waals surface area contributed by atoms with Gasteiger partial charge in [-0.05, 0) is 30.3 Å². The predicted molar refractivity (Wildman–Crippen MR) is 86.6 cm³/mol. The molecule has 0 fully saturated rings. The van der Waals surface area contributed by atoms with Gasteiger partial charge in [-0.2, -0.15) is 0 Å². The Kier molecular flexibility index (Phi) is 3.59. The molecule has 0 spiro atoms. The third kappa shape index (κ3) is 2.79. The Morgan fingerprint density at radius 3 is 2.79 bits per heavy atom. The van der Waals surface area contributed by atoms with Crippen LogP contribution in [0.25, 0.3) is 22.4 Å². The molecule has 0 aliphatic heterocycles. The number of benzene rings is 1. The molecule has 118 valence electrons. The van der Waals surface area contributed by atoms with Crippen molar-refractivity contribution in [1.29, 1.82) is 0 Å². The minimum Gasteiger partial charge on any atom is -0.403 e. The Balaban J connectivity index is 1.57. The highest BCUT2D eigenvalue weighted by molar-refractivity contribution is 5.81. The van der Waals surface area contributed by atoms with Gasteiger partial charge in [-0.15, -0.1) is 5.10 Å². The van der Waals surface area contributed by atoms with Crippen molar-refractivity contribution in [2.24, 2.45) is 0 Å². The maximum atomic E-state index is 13.7. The Hall–Kier alpha value is -3.35. The van der Waals surface area contributed by atoms with E-state index in [9.17, 15) is 4.39 Å². The van der Waals surface area contributed by atoms with Gasteiger partial charge in [0.15, 0.2) is 0 Å². The molecule has 0 aliphatic carbocycles. The van der Waals surface area contributed by atoms with E-state index < -0.39 is 0 Å². The van der Waals surface area contributed by atoms with Crippen molar-refractivity contribution in [3.05, 3.63) is 66.4 Å². The van der Waals surface area contributed by atoms with E-state index in [2.05, 4.69) is 25.5 Å². The van der Waals surface area contributed by atoms with Crippen LogP contribution < -0.4 is 5.32 Å². The molecule has 1 aromatic carbocycles. The van der Waals surface area contributed by atoms with E-state index in [1.54, 1.807) is 36.8 Å². The zero-order chi connectivity index (χ0) is 16.4. The first-order valence-electron chi connectivity index (χ1n) is 7.30. The van der Waals surface area contributed by atoms with Crippen LogP contribution in [0.15, 0.2) is 59.4 Å². The van der Waals surface area contributed by atoms with Gasteiger partial charge in [0, 0.05) is 41.6 Å². The van der Waals surface area contributed by atoms with Crippen molar-refractivity contribution >= 4 is 16.9 Å². The van der Waals surface area contributed by atoms with Crippen LogP contribution in [0.4, 0.5) is 10.4 Å². The predicted octanol–water partition coefficient (Wildman–Crippen LogP) is 3.43. The summed E-state index contributed by atoms with van der Waals surface area (Å²) in [6.07, 6.45) is 4.98. The number of fused-ring (bicyclic) bond motifs is 1. The maximum absolute atomic E-state index is 13.7. The lowest BCUT2D eigenvalue weighted by molar-refractivity contribution is 0.580. The number of aromatic nitrogens is 4. The number of rotatable bonds is 4. The van der Waals surface area contributed by atoms with Gasteiger partial charge in [0.05, 0.1) is 5.52 Å². The van der Waals surface area contributed by atoms with E-state index in [-0.39, 0.29) is 11.8 Å². The lowest BCUT2D eigenvalue weighted by Crippen LogP contribution is -2.02. The van der Waals surface area contributed by atoms with E-state index >= 15 is 0 Å². The molecule has 4 aromatic rings. The second-order valence-corrected chi connectivity index (χ2v) is 5.14. The molecule has 0 bridgehead atoms. The molecule has 3 aromatic heterocycles. The van der Waals surface area contributed by atoms with Crippen LogP contribution >= 0.6 is 0 Å². The van der Waals surface area contributed by atoms with Crippen LogP contribution in [0.3, 0.4) is 0 Å². The Morgan fingerprint density at radius 1 is 1.04 bits per heavy atom. The lowest BCUT2D eigenvalue weighted by Gasteiger charge is -2.06. The zero-order valence-corrected chi connectivity index (χ0v) is 12.5. The van der Waals surface area contributed by atoms with Gasteiger partial charge in [0.25, 0.3) is 0 Å². The number of hydrogen-bond donors (Lipinski definition) is 1. The van der Waals surface area contributed by atoms with Crippen LogP contribution in [0.1, 0.15) is 5.56 Å². The first-order chi connectivity index (χ1) is 11.8. The number of pyridine rings is 2. The number of nitrogens with one attached hydrogen (secondary N) is 1. The summed E-state index contributed by atoms with van der Waals surface area (Å²) in [7, 11) is 0. The van der Waals surface area contributed by atoms with E-state index in [1.807, 2.05) is 6.07 Å². The summed E-state index contributed by atoms with van der Waals surface area (Å²) in [6, 6.07) is 10.3. The fourth-order valence-corrected chi connectivity index (χ4v) is 2.44. The number of halogens is 1. The molecule has 7 heteroatoms. The number of nitrogens with zero attached hydrogens (tertiary/aromatic N) is 4. The third-order valence-electron chi connectivity index (χ3n) is 3.53. The van der Waals surface area contributed by atoms with Gasteiger partial charge in [-0.25, -0.2) is 4.39 Å². The number of anilines is 1. The smallest absolute Gasteiger partial charge is 0.316 e. The van der Waals surface area contributed by atoms with E-state index in [1.165, 1.54) is 12.1 Å². The molecular weight excluding hydrogens is 309 g/mol. The van der Waals surface area contributed by atoms with Gasteiger partial charge in [-0.3, -0.25) is 9.97 Å². The second kappa shape index (κ2) is 6.04. The van der Waals surface area contributed by atoms with Crippen LogP contribution in [-0.2, 0) is 6.54 Å². The summed E-state index contributed by atoms with van der Waals surface area (Å²) in [5.74, 6) is 0.0810. The monoisotopic (exact) mass is 321 g/mol. The maximum Gasteiger partial charge on any atom is 0.316 e. The Labute approximate surface area is 136 Å². The molecule has 0 radical (unpaired) electrons. The summed E-state index contributed by atoms with van der Waals surface area (Å²) in [6.45, 7) is 0.323. The second-order valence-electron chi connectivity index (χ2n) is 5.14. The van der Waals surface area contributed by atoms with E-state index in [0.717, 1.165) is 16.5 Å². The first-order valence-corrected chi connectivity index (χ1v) is 7.30. The summed E-state index contributed by atoms with van der Waals surface area (Å²) in [5, 5.41) is 11.7. The normalized spacial score (nSPS) is 10.9. The van der Waals surface area contributed by atoms with Crippen molar-refractivity contribution in [2.45, 2.75) is 6.54 Å². The van der Waals surface area contributed by atoms with Crippen LogP contribution in [0, 0.1) is 5.82 Å². The molecule has 0 atom stereocenters. The number of hydrogen-bond acceptors (Lipinski definition) is 6. The molecule has 0 saturated heterocycles. The van der Waals surface area contributed by atoms with Gasteiger partial charge >= 0.3 is 6.01 Å². The highest BCUT2D eigenvalue weighted by Gasteiger charge is 2.10. The SMILES string of the molecule is Fc1cc(CNc2nnc(-c3ccncc3)o2)c2ncccc2c1. The molecule has 3 heterocycles. The highest BCUT2D eigenvalue weighted by Crippen LogP contribution is 2.21. The molecule has 6 nitrogen and oxygen atoms in total. The molecule has 0 saturated carbocycles. The molecular formula is C17H12FN5O. The third-order valence-corrected chi connectivity index (χ3v) is 3.53. The summed E-state index contributed by atoms with van der Waals surface area (Å²) in [4.78, 5) is 8.25. The molecule has 0 aliphatic rings. The molecule has 24 heavy (non-hydrogen) atoms. The fraction of sp³-hybridized carbons (Fsp3) is 0.0588. The topological polar surface area (TPSA) is 76.7 Å². The van der Waals surface area contributed by atoms with Crippen LogP contribution in [0.5, 0.6) is 0 Å². The summed E-state index contributed by atoms with van der Waals surface area (Å²) in [5.41, 5.74) is 2.23. The zero-order valence-electron chi connectivity index (χ0n) is 12.5. The van der Waals surface area contributed by atoms with Gasteiger partial charge in [-0.1, -0.05) is 11.2 Å². The van der Waals surface area contributed by atoms with Gasteiger partial charge < -0.3 is 9.73 Å². The molecule has 1 N–H and O–H groups in total. The van der Waals surface area contributed by atoms with E-state index in [0.29, 0.717) is 18.0 Å². The minimum atomic E-state index is -0.310. The standard InChI is InChI=1S/C17H12FN5O/c18-14-8-12-2-1-5-20-15(12)13(9-14)10-21-17-23-22-16(24-17)11-3-6-19-7-4-11/h1-9H,10H2,(H,21,23). The van der Waals surface area contributed by atoms with Crippen molar-refractivity contribution < 1.29 is 8.81 Å². The van der Waals surface area contributed by atoms with E-state index in [4.69, 9.17) is 4.42 Å². The fourth-order valence-electron chi connectivity index (χ4n) is 2.44. The van der Waals surface area contributed by atoms with Crippen molar-refractivity contribution in [1.82, 2.24) is 20.2 Å². The average molecular weight is 321 g/mol. The van der Waals surface area contributed by atoms with Gasteiger partial charge in [0.2, 0.25) is 5.89 Å². The van der Waals surface area contributed by atoms with Crippen LogP contribution in [0.2, 0.25) is 0 Å².